The standard InChI is InChI=1S/C25H26O3Se/c1-24(2)11-12-25(3,4)23-20(24)15-19(16-21(23)26)29-13-10-18(14-22(27)28)17-8-6-5-7-9-17/h5-9,14-16,26H,11-12H2,1-4H3,(H,27,28)/p-1/b18-14-. The van der Waals surface area contributed by atoms with Crippen molar-refractivity contribution >= 4 is 31.0 Å². The van der Waals surface area contributed by atoms with Crippen molar-refractivity contribution in [2.75, 3.05) is 0 Å². The van der Waals surface area contributed by atoms with Gasteiger partial charge in [0.2, 0.25) is 0 Å². The summed E-state index contributed by atoms with van der Waals surface area (Å²) in [6, 6.07) is 13.2. The summed E-state index contributed by atoms with van der Waals surface area (Å²) in [6.07, 6.45) is 3.15. The Morgan fingerprint density at radius 1 is 1.10 bits per heavy atom. The molecule has 1 N–H and O–H groups in total. The van der Waals surface area contributed by atoms with Gasteiger partial charge < -0.3 is 0 Å². The van der Waals surface area contributed by atoms with E-state index in [1.54, 1.807) is 0 Å². The molecule has 0 aromatic heterocycles. The summed E-state index contributed by atoms with van der Waals surface area (Å²) in [7, 11) is 0. The molecule has 0 fully saturated rings. The normalized spacial score (nSPS) is 17.0. The van der Waals surface area contributed by atoms with E-state index in [-0.39, 0.29) is 25.8 Å². The summed E-state index contributed by atoms with van der Waals surface area (Å²) in [5.41, 5.74) is 3.37. The van der Waals surface area contributed by atoms with Gasteiger partial charge in [-0.2, -0.15) is 0 Å². The summed E-state index contributed by atoms with van der Waals surface area (Å²) >= 11 is -0.218. The number of carbonyl (C=O) groups is 1. The summed E-state index contributed by atoms with van der Waals surface area (Å²) in [5.74, 6) is 2.07. The van der Waals surface area contributed by atoms with Crippen molar-refractivity contribution in [2.24, 2.45) is 0 Å². The van der Waals surface area contributed by atoms with Crippen LogP contribution in [0.5, 0.6) is 5.75 Å². The molecule has 0 atom stereocenters. The fourth-order valence-corrected chi connectivity index (χ4v) is 5.17. The van der Waals surface area contributed by atoms with Gasteiger partial charge in [-0.1, -0.05) is 0 Å². The number of fused-ring (bicyclic) bond motifs is 1. The maximum absolute atomic E-state index is 11.1. The Labute approximate surface area is 179 Å². The number of hydrogen-bond acceptors (Lipinski definition) is 3. The van der Waals surface area contributed by atoms with E-state index in [0.717, 1.165) is 34.5 Å². The average Bonchev–Trinajstić information content (AvgIpc) is 2.65. The van der Waals surface area contributed by atoms with Gasteiger partial charge in [-0.15, -0.1) is 0 Å². The minimum atomic E-state index is -1.26. The number of benzene rings is 2. The van der Waals surface area contributed by atoms with Crippen LogP contribution in [0, 0.1) is 10.7 Å². The maximum atomic E-state index is 11.1. The van der Waals surface area contributed by atoms with Crippen molar-refractivity contribution in [2.45, 2.75) is 51.4 Å². The summed E-state index contributed by atoms with van der Waals surface area (Å²) in [4.78, 5) is 14.2. The van der Waals surface area contributed by atoms with E-state index in [2.05, 4.69) is 44.5 Å². The van der Waals surface area contributed by atoms with E-state index in [1.165, 1.54) is 5.56 Å². The van der Waals surface area contributed by atoms with Crippen LogP contribution in [-0.4, -0.2) is 26.0 Å². The second-order valence-corrected chi connectivity index (χ2v) is 10.6. The van der Waals surface area contributed by atoms with Gasteiger partial charge in [0, 0.05) is 0 Å². The number of carbonyl (C=O) groups excluding carboxylic acids is 1. The molecule has 0 aliphatic heterocycles. The van der Waals surface area contributed by atoms with Crippen LogP contribution in [0.25, 0.3) is 5.57 Å². The SMILES string of the molecule is CC1(C)CCC(C)(C)c2c(O)cc([Se]C#C/C(=C/C(=O)[O-])c3ccccc3)cc21. The molecule has 4 heteroatoms. The second-order valence-electron chi connectivity index (χ2n) is 8.70. The Kier molecular flexibility index (Phi) is 5.94. The van der Waals surface area contributed by atoms with Crippen molar-refractivity contribution in [1.82, 2.24) is 0 Å². The molecule has 29 heavy (non-hydrogen) atoms. The van der Waals surface area contributed by atoms with E-state index >= 15 is 0 Å². The molecule has 1 aliphatic rings. The number of hydrogen-bond donors (Lipinski definition) is 1. The van der Waals surface area contributed by atoms with E-state index in [0.29, 0.717) is 11.3 Å². The Hall–Kier alpha value is -2.47. The number of aromatic hydroxyl groups is 1. The van der Waals surface area contributed by atoms with E-state index in [4.69, 9.17) is 0 Å². The Morgan fingerprint density at radius 2 is 1.76 bits per heavy atom. The molecule has 0 saturated heterocycles. The molecule has 2 aromatic rings. The van der Waals surface area contributed by atoms with E-state index < -0.39 is 5.97 Å². The van der Waals surface area contributed by atoms with Crippen LogP contribution >= 0.6 is 0 Å². The molecule has 0 radical (unpaired) electrons. The Balaban J connectivity index is 1.95. The monoisotopic (exact) mass is 453 g/mol. The average molecular weight is 452 g/mol. The third-order valence-corrected chi connectivity index (χ3v) is 6.99. The quantitative estimate of drug-likeness (QED) is 0.443. The number of aliphatic carboxylic acids is 1. The first kappa shape index (κ1) is 21.2. The first-order valence-corrected chi connectivity index (χ1v) is 11.4. The first-order valence-electron chi connectivity index (χ1n) is 9.64. The number of carboxylic acids is 1. The van der Waals surface area contributed by atoms with Gasteiger partial charge in [-0.3, -0.25) is 0 Å². The van der Waals surface area contributed by atoms with Gasteiger partial charge in [-0.05, 0) is 0 Å². The zero-order chi connectivity index (χ0) is 21.2. The zero-order valence-electron chi connectivity index (χ0n) is 17.2. The van der Waals surface area contributed by atoms with E-state index in [1.807, 2.05) is 36.4 Å². The van der Waals surface area contributed by atoms with Crippen LogP contribution in [-0.2, 0) is 15.6 Å². The molecule has 1 aliphatic carbocycles. The molecule has 3 nitrogen and oxygen atoms in total. The first-order chi connectivity index (χ1) is 13.6. The number of allylic oxidation sites excluding steroid dienone is 1. The van der Waals surface area contributed by atoms with Crippen LogP contribution in [0.2, 0.25) is 0 Å². The van der Waals surface area contributed by atoms with Crippen LogP contribution in [0.3, 0.4) is 0 Å². The van der Waals surface area contributed by atoms with Crippen molar-refractivity contribution in [3.05, 3.63) is 65.2 Å². The van der Waals surface area contributed by atoms with Crippen molar-refractivity contribution in [3.63, 3.8) is 0 Å². The fourth-order valence-electron chi connectivity index (χ4n) is 3.86. The molecule has 0 unspecified atom stereocenters. The zero-order valence-corrected chi connectivity index (χ0v) is 18.9. The third-order valence-electron chi connectivity index (χ3n) is 5.57. The van der Waals surface area contributed by atoms with Crippen molar-refractivity contribution in [3.8, 4) is 16.5 Å². The van der Waals surface area contributed by atoms with Gasteiger partial charge in [0.05, 0.1) is 0 Å². The molecule has 2 aromatic carbocycles. The van der Waals surface area contributed by atoms with Crippen LogP contribution in [0.1, 0.15) is 57.2 Å². The topological polar surface area (TPSA) is 60.4 Å². The van der Waals surface area contributed by atoms with Crippen molar-refractivity contribution in [1.29, 1.82) is 0 Å². The molecular formula is C25H25O3Se-. The molecule has 3 rings (SSSR count). The number of phenols is 1. The van der Waals surface area contributed by atoms with Gasteiger partial charge >= 0.3 is 179 Å². The molecule has 0 saturated carbocycles. The predicted molar refractivity (Wildman–Crippen MR) is 116 cm³/mol. The molecule has 150 valence electrons. The molecular weight excluding hydrogens is 427 g/mol. The summed E-state index contributed by atoms with van der Waals surface area (Å²) < 4.78 is 0.993. The Morgan fingerprint density at radius 3 is 2.41 bits per heavy atom. The predicted octanol–water partition coefficient (Wildman–Crippen LogP) is 2.87. The van der Waals surface area contributed by atoms with Crippen LogP contribution in [0.4, 0.5) is 0 Å². The molecule has 0 amide bonds. The minimum absolute atomic E-state index is 0.00588. The summed E-state index contributed by atoms with van der Waals surface area (Å²) in [6.45, 7) is 8.81. The Bertz CT molecular complexity index is 1020. The van der Waals surface area contributed by atoms with Gasteiger partial charge in [-0.25, -0.2) is 0 Å². The van der Waals surface area contributed by atoms with Crippen LogP contribution in [0.15, 0.2) is 48.5 Å². The van der Waals surface area contributed by atoms with Gasteiger partial charge in [0.25, 0.3) is 0 Å². The van der Waals surface area contributed by atoms with Crippen LogP contribution < -0.4 is 9.57 Å². The number of carboxylic acid groups (broad SMARTS) is 1. The molecule has 0 spiro atoms. The third kappa shape index (κ3) is 4.75. The fraction of sp³-hybridized carbons (Fsp3) is 0.320. The number of phenolic OH excluding ortho intramolecular Hbond substituents is 1. The van der Waals surface area contributed by atoms with Gasteiger partial charge in [0.1, 0.15) is 0 Å². The van der Waals surface area contributed by atoms with Crippen molar-refractivity contribution < 1.29 is 15.0 Å². The molecule has 0 bridgehead atoms. The summed E-state index contributed by atoms with van der Waals surface area (Å²) in [5, 5.41) is 21.8. The number of rotatable bonds is 3. The second kappa shape index (κ2) is 8.11. The van der Waals surface area contributed by atoms with Gasteiger partial charge in [0.15, 0.2) is 0 Å². The molecule has 0 heterocycles. The van der Waals surface area contributed by atoms with E-state index in [9.17, 15) is 15.0 Å².